The highest BCUT2D eigenvalue weighted by atomic mass is 35.5. The smallest absolute Gasteiger partial charge is 0.395 e. The number of benzene rings is 1. The van der Waals surface area contributed by atoms with Crippen molar-refractivity contribution in [1.82, 2.24) is 9.78 Å². The van der Waals surface area contributed by atoms with E-state index in [0.29, 0.717) is 5.69 Å². The van der Waals surface area contributed by atoms with Gasteiger partial charge in [-0.1, -0.05) is 11.6 Å². The van der Waals surface area contributed by atoms with Crippen molar-refractivity contribution in [3.05, 3.63) is 45.3 Å². The Morgan fingerprint density at radius 3 is 2.70 bits per heavy atom. The zero-order valence-electron chi connectivity index (χ0n) is 14.1. The van der Waals surface area contributed by atoms with Crippen molar-refractivity contribution in [2.75, 3.05) is 11.4 Å². The monoisotopic (exact) mass is 400 g/mol. The first-order chi connectivity index (χ1) is 12.7. The van der Waals surface area contributed by atoms with E-state index in [1.54, 1.807) is 6.92 Å². The minimum atomic E-state index is -3.75. The fourth-order valence-corrected chi connectivity index (χ4v) is 2.86. The van der Waals surface area contributed by atoms with Crippen molar-refractivity contribution >= 4 is 23.2 Å². The van der Waals surface area contributed by atoms with Crippen molar-refractivity contribution in [2.45, 2.75) is 26.3 Å². The molecular weight excluding hydrogens is 386 g/mol. The van der Waals surface area contributed by atoms with E-state index in [9.17, 15) is 18.4 Å². The van der Waals surface area contributed by atoms with Gasteiger partial charge >= 0.3 is 6.29 Å². The number of amides is 1. The number of nitrogens with zero attached hydrogens (tertiary/aromatic N) is 3. The van der Waals surface area contributed by atoms with Crippen LogP contribution in [0.2, 0.25) is 5.15 Å². The Bertz CT molecular complexity index is 951. The van der Waals surface area contributed by atoms with Crippen LogP contribution in [-0.4, -0.2) is 28.5 Å². The molecular formula is C16H15ClF2N4O4. The molecule has 2 aromatic rings. The molecule has 2 N–H and O–H groups in total. The summed E-state index contributed by atoms with van der Waals surface area (Å²) in [6, 6.07) is 5.31. The van der Waals surface area contributed by atoms with Gasteiger partial charge < -0.3 is 20.1 Å². The van der Waals surface area contributed by atoms with Crippen LogP contribution in [0.15, 0.2) is 29.1 Å². The Kier molecular flexibility index (Phi) is 5.03. The summed E-state index contributed by atoms with van der Waals surface area (Å²) in [7, 11) is 0. The van der Waals surface area contributed by atoms with E-state index in [1.165, 1.54) is 29.2 Å². The highest BCUT2D eigenvalue weighted by molar-refractivity contribution is 6.29. The standard InChI is InChI=1S/C16H15ClF2N4O4/c1-2-22(10-3-4-11-12(6-10)27-16(18,19)26-11)14(24)8-23-15(25)9(7-20)5-13(17)21-23/h3-6H,2,7-8,20H2,1H3. The van der Waals surface area contributed by atoms with Crippen LogP contribution >= 0.6 is 11.6 Å². The molecule has 1 aliphatic heterocycles. The number of halogens is 3. The molecule has 1 aromatic carbocycles. The van der Waals surface area contributed by atoms with Gasteiger partial charge in [0.25, 0.3) is 5.56 Å². The zero-order valence-corrected chi connectivity index (χ0v) is 14.9. The molecule has 11 heteroatoms. The van der Waals surface area contributed by atoms with Crippen molar-refractivity contribution in [3.63, 3.8) is 0 Å². The molecule has 1 aliphatic rings. The van der Waals surface area contributed by atoms with Gasteiger partial charge in [0.15, 0.2) is 11.5 Å². The third-order valence-corrected chi connectivity index (χ3v) is 4.02. The summed E-state index contributed by atoms with van der Waals surface area (Å²) >= 11 is 5.85. The predicted molar refractivity (Wildman–Crippen MR) is 92.1 cm³/mol. The van der Waals surface area contributed by atoms with E-state index in [4.69, 9.17) is 17.3 Å². The minimum absolute atomic E-state index is 0.0243. The van der Waals surface area contributed by atoms with E-state index in [2.05, 4.69) is 14.6 Å². The number of fused-ring (bicyclic) bond motifs is 1. The van der Waals surface area contributed by atoms with Crippen LogP contribution in [0.1, 0.15) is 12.5 Å². The molecule has 0 radical (unpaired) electrons. The summed E-state index contributed by atoms with van der Waals surface area (Å²) in [6.45, 7) is 1.46. The Balaban J connectivity index is 1.86. The SMILES string of the molecule is CCN(C(=O)Cn1nc(Cl)cc(CN)c1=O)c1ccc2c(c1)OC(F)(F)O2. The van der Waals surface area contributed by atoms with Gasteiger partial charge in [-0.2, -0.15) is 5.10 Å². The molecule has 1 amide bonds. The molecule has 27 heavy (non-hydrogen) atoms. The van der Waals surface area contributed by atoms with E-state index in [-0.39, 0.29) is 35.3 Å². The summed E-state index contributed by atoms with van der Waals surface area (Å²) in [6.07, 6.45) is -3.75. The van der Waals surface area contributed by atoms with Gasteiger partial charge in [0.1, 0.15) is 11.7 Å². The van der Waals surface area contributed by atoms with Gasteiger partial charge in [0.05, 0.1) is 0 Å². The number of nitrogens with two attached hydrogens (primary N) is 1. The summed E-state index contributed by atoms with van der Waals surface area (Å²) in [5.41, 5.74) is 5.48. The first-order valence-electron chi connectivity index (χ1n) is 7.91. The first kappa shape index (κ1) is 19.1. The fraction of sp³-hybridized carbons (Fsp3) is 0.312. The van der Waals surface area contributed by atoms with Crippen molar-refractivity contribution in [1.29, 1.82) is 0 Å². The number of hydrogen-bond acceptors (Lipinski definition) is 6. The second kappa shape index (κ2) is 7.12. The number of hydrogen-bond donors (Lipinski definition) is 1. The molecule has 0 saturated carbocycles. The van der Waals surface area contributed by atoms with Crippen LogP contribution in [0.25, 0.3) is 0 Å². The lowest BCUT2D eigenvalue weighted by molar-refractivity contribution is -0.286. The van der Waals surface area contributed by atoms with E-state index in [0.717, 1.165) is 4.68 Å². The Morgan fingerprint density at radius 2 is 2.04 bits per heavy atom. The van der Waals surface area contributed by atoms with E-state index in [1.807, 2.05) is 0 Å². The van der Waals surface area contributed by atoms with Crippen LogP contribution in [0, 0.1) is 0 Å². The van der Waals surface area contributed by atoms with E-state index >= 15 is 0 Å². The molecule has 0 bridgehead atoms. The summed E-state index contributed by atoms with van der Waals surface area (Å²) < 4.78 is 36.0. The van der Waals surface area contributed by atoms with Gasteiger partial charge in [-0.05, 0) is 25.1 Å². The number of likely N-dealkylation sites (N-methyl/N-ethyl adjacent to an activating group) is 1. The maximum Gasteiger partial charge on any atom is 0.586 e. The molecule has 0 spiro atoms. The molecule has 144 valence electrons. The maximum atomic E-state index is 13.2. The third-order valence-electron chi connectivity index (χ3n) is 3.84. The van der Waals surface area contributed by atoms with E-state index < -0.39 is 24.3 Å². The van der Waals surface area contributed by atoms with Crippen LogP contribution in [0.3, 0.4) is 0 Å². The van der Waals surface area contributed by atoms with Crippen molar-refractivity contribution < 1.29 is 23.0 Å². The predicted octanol–water partition coefficient (Wildman–Crippen LogP) is 1.73. The molecule has 0 fully saturated rings. The molecule has 2 heterocycles. The van der Waals surface area contributed by atoms with Gasteiger partial charge in [-0.3, -0.25) is 9.59 Å². The first-order valence-corrected chi connectivity index (χ1v) is 8.28. The molecule has 0 unspecified atom stereocenters. The summed E-state index contributed by atoms with van der Waals surface area (Å²) in [4.78, 5) is 26.2. The average molecular weight is 401 g/mol. The third kappa shape index (κ3) is 3.86. The number of ether oxygens (including phenoxy) is 2. The lowest BCUT2D eigenvalue weighted by Crippen LogP contribution is -2.38. The molecule has 0 atom stereocenters. The second-order valence-corrected chi connectivity index (χ2v) is 5.98. The largest absolute Gasteiger partial charge is 0.586 e. The Labute approximate surface area is 157 Å². The zero-order chi connectivity index (χ0) is 19.8. The Morgan fingerprint density at radius 1 is 1.33 bits per heavy atom. The Hall–Kier alpha value is -2.72. The van der Waals surface area contributed by atoms with Crippen LogP contribution < -0.4 is 25.7 Å². The quantitative estimate of drug-likeness (QED) is 0.820. The fourth-order valence-electron chi connectivity index (χ4n) is 2.64. The van der Waals surface area contributed by atoms with Gasteiger partial charge in [0.2, 0.25) is 5.91 Å². The highest BCUT2D eigenvalue weighted by Crippen LogP contribution is 2.42. The molecule has 0 aliphatic carbocycles. The highest BCUT2D eigenvalue weighted by Gasteiger charge is 2.43. The van der Waals surface area contributed by atoms with Crippen LogP contribution in [-0.2, 0) is 17.9 Å². The summed E-state index contributed by atoms with van der Waals surface area (Å²) in [5.74, 6) is -0.817. The molecule has 1 aromatic heterocycles. The molecule has 0 saturated heterocycles. The minimum Gasteiger partial charge on any atom is -0.395 e. The second-order valence-electron chi connectivity index (χ2n) is 5.60. The number of carbonyl (C=O) groups is 1. The van der Waals surface area contributed by atoms with Gasteiger partial charge in [-0.15, -0.1) is 8.78 Å². The lowest BCUT2D eigenvalue weighted by Gasteiger charge is -2.21. The maximum absolute atomic E-state index is 13.2. The van der Waals surface area contributed by atoms with Gasteiger partial charge in [0, 0.05) is 30.4 Å². The van der Waals surface area contributed by atoms with Crippen molar-refractivity contribution in [3.8, 4) is 11.5 Å². The number of alkyl halides is 2. The average Bonchev–Trinajstić information content (AvgIpc) is 2.91. The number of anilines is 1. The topological polar surface area (TPSA) is 99.7 Å². The number of rotatable bonds is 5. The lowest BCUT2D eigenvalue weighted by atomic mass is 10.2. The molecule has 8 nitrogen and oxygen atoms in total. The van der Waals surface area contributed by atoms with Crippen LogP contribution in [0.5, 0.6) is 11.5 Å². The summed E-state index contributed by atoms with van der Waals surface area (Å²) in [5, 5.41) is 3.86. The van der Waals surface area contributed by atoms with Crippen molar-refractivity contribution in [2.24, 2.45) is 5.73 Å². The molecule has 3 rings (SSSR count). The van der Waals surface area contributed by atoms with Crippen LogP contribution in [0.4, 0.5) is 14.5 Å². The number of aromatic nitrogens is 2. The van der Waals surface area contributed by atoms with Gasteiger partial charge in [-0.25, -0.2) is 4.68 Å². The normalized spacial score (nSPS) is 14.3. The number of carbonyl (C=O) groups excluding carboxylic acids is 1.